The summed E-state index contributed by atoms with van der Waals surface area (Å²) in [6.45, 7) is 10.3. The molecule has 0 amide bonds. The lowest BCUT2D eigenvalue weighted by atomic mass is 10.1. The van der Waals surface area contributed by atoms with Gasteiger partial charge in [0.15, 0.2) is 0 Å². The van der Waals surface area contributed by atoms with Crippen molar-refractivity contribution in [2.24, 2.45) is 5.73 Å². The van der Waals surface area contributed by atoms with Gasteiger partial charge >= 0.3 is 0 Å². The third-order valence-electron chi connectivity index (χ3n) is 2.56. The number of rotatable bonds is 5. The molecule has 1 fully saturated rings. The molecule has 1 aliphatic heterocycles. The third-order valence-corrected chi connectivity index (χ3v) is 2.56. The second kappa shape index (κ2) is 6.69. The van der Waals surface area contributed by atoms with Gasteiger partial charge in [-0.1, -0.05) is 6.92 Å². The van der Waals surface area contributed by atoms with E-state index in [0.717, 1.165) is 26.2 Å². The van der Waals surface area contributed by atoms with E-state index in [4.69, 9.17) is 10.5 Å². The number of hydrogen-bond acceptors (Lipinski definition) is 3. The van der Waals surface area contributed by atoms with Crippen LogP contribution in [0.4, 0.5) is 0 Å². The molecule has 0 aliphatic carbocycles. The van der Waals surface area contributed by atoms with Crippen molar-refractivity contribution in [3.63, 3.8) is 0 Å². The summed E-state index contributed by atoms with van der Waals surface area (Å²) in [7, 11) is 0. The van der Waals surface area contributed by atoms with Crippen LogP contribution in [-0.4, -0.2) is 42.8 Å². The minimum atomic E-state index is -0.103. The summed E-state index contributed by atoms with van der Waals surface area (Å²) in [6, 6.07) is 0. The van der Waals surface area contributed by atoms with Gasteiger partial charge in [0.2, 0.25) is 0 Å². The van der Waals surface area contributed by atoms with E-state index in [2.05, 4.69) is 25.7 Å². The molecule has 0 spiro atoms. The topological polar surface area (TPSA) is 38.5 Å². The highest BCUT2D eigenvalue weighted by molar-refractivity contribution is 5.85. The first-order valence-electron chi connectivity index (χ1n) is 5.64. The summed E-state index contributed by atoms with van der Waals surface area (Å²) in [4.78, 5) is 2.38. The maximum Gasteiger partial charge on any atom is 0.0702 e. The highest BCUT2D eigenvalue weighted by Crippen LogP contribution is 2.14. The first-order chi connectivity index (χ1) is 6.51. The molecule has 4 heteroatoms. The van der Waals surface area contributed by atoms with Gasteiger partial charge in [-0.25, -0.2) is 0 Å². The van der Waals surface area contributed by atoms with Crippen LogP contribution in [-0.2, 0) is 4.74 Å². The molecule has 1 unspecified atom stereocenters. The molecular formula is C11H25ClN2O. The van der Waals surface area contributed by atoms with Gasteiger partial charge in [-0.3, -0.25) is 4.90 Å². The van der Waals surface area contributed by atoms with Crippen LogP contribution >= 0.6 is 12.4 Å². The van der Waals surface area contributed by atoms with Crippen LogP contribution in [0.3, 0.4) is 0 Å². The van der Waals surface area contributed by atoms with Crippen LogP contribution in [0.2, 0.25) is 0 Å². The van der Waals surface area contributed by atoms with Crippen molar-refractivity contribution < 1.29 is 4.74 Å². The van der Waals surface area contributed by atoms with Gasteiger partial charge in [0, 0.05) is 25.2 Å². The van der Waals surface area contributed by atoms with Gasteiger partial charge in [-0.2, -0.15) is 0 Å². The number of ether oxygens (including phenoxy) is 1. The van der Waals surface area contributed by atoms with E-state index in [0.29, 0.717) is 6.10 Å². The molecule has 2 N–H and O–H groups in total. The SMILES string of the molecule is CCN(CC1CCCO1)CC(C)(C)N.Cl. The van der Waals surface area contributed by atoms with E-state index in [1.54, 1.807) is 0 Å². The Labute approximate surface area is 99.7 Å². The Kier molecular flexibility index (Phi) is 6.76. The molecule has 92 valence electrons. The fourth-order valence-corrected chi connectivity index (χ4v) is 1.96. The molecule has 1 atom stereocenters. The fraction of sp³-hybridized carbons (Fsp3) is 1.00. The summed E-state index contributed by atoms with van der Waals surface area (Å²) in [5.41, 5.74) is 5.90. The second-order valence-corrected chi connectivity index (χ2v) is 4.95. The van der Waals surface area contributed by atoms with Crippen molar-refractivity contribution in [3.8, 4) is 0 Å². The summed E-state index contributed by atoms with van der Waals surface area (Å²) in [6.07, 6.45) is 2.87. The van der Waals surface area contributed by atoms with E-state index in [1.165, 1.54) is 12.8 Å². The Morgan fingerprint density at radius 2 is 2.13 bits per heavy atom. The van der Waals surface area contributed by atoms with Crippen LogP contribution in [0, 0.1) is 0 Å². The van der Waals surface area contributed by atoms with Crippen LogP contribution < -0.4 is 5.73 Å². The van der Waals surface area contributed by atoms with Gasteiger partial charge < -0.3 is 10.5 Å². The Morgan fingerprint density at radius 3 is 2.53 bits per heavy atom. The summed E-state index contributed by atoms with van der Waals surface area (Å²) >= 11 is 0. The number of halogens is 1. The smallest absolute Gasteiger partial charge is 0.0702 e. The molecule has 0 aromatic carbocycles. The van der Waals surface area contributed by atoms with Crippen LogP contribution in [0.5, 0.6) is 0 Å². The predicted molar refractivity (Wildman–Crippen MR) is 66.6 cm³/mol. The van der Waals surface area contributed by atoms with Crippen molar-refractivity contribution in [3.05, 3.63) is 0 Å². The average molecular weight is 237 g/mol. The summed E-state index contributed by atoms with van der Waals surface area (Å²) in [5, 5.41) is 0. The number of nitrogens with zero attached hydrogens (tertiary/aromatic N) is 1. The maximum atomic E-state index is 6.00. The highest BCUT2D eigenvalue weighted by atomic mass is 35.5. The van der Waals surface area contributed by atoms with Crippen LogP contribution in [0.1, 0.15) is 33.6 Å². The Morgan fingerprint density at radius 1 is 1.47 bits per heavy atom. The van der Waals surface area contributed by atoms with E-state index >= 15 is 0 Å². The molecule has 1 aliphatic rings. The number of hydrogen-bond donors (Lipinski definition) is 1. The maximum absolute atomic E-state index is 6.00. The second-order valence-electron chi connectivity index (χ2n) is 4.95. The van der Waals surface area contributed by atoms with Gasteiger partial charge in [0.25, 0.3) is 0 Å². The zero-order valence-corrected chi connectivity index (χ0v) is 11.0. The zero-order valence-electron chi connectivity index (χ0n) is 10.2. The molecule has 0 radical (unpaired) electrons. The third kappa shape index (κ3) is 6.36. The van der Waals surface area contributed by atoms with E-state index in [9.17, 15) is 0 Å². The Bertz CT molecular complexity index is 164. The lowest BCUT2D eigenvalue weighted by Gasteiger charge is -2.30. The van der Waals surface area contributed by atoms with Gasteiger partial charge in [-0.15, -0.1) is 12.4 Å². The molecule has 3 nitrogen and oxygen atoms in total. The lowest BCUT2D eigenvalue weighted by Crippen LogP contribution is -2.47. The fourth-order valence-electron chi connectivity index (χ4n) is 1.96. The number of likely N-dealkylation sites (N-methyl/N-ethyl adjacent to an activating group) is 1. The van der Waals surface area contributed by atoms with Gasteiger partial charge in [0.1, 0.15) is 0 Å². The molecule has 0 saturated carbocycles. The van der Waals surface area contributed by atoms with Crippen molar-refractivity contribution >= 4 is 12.4 Å². The van der Waals surface area contributed by atoms with Crippen molar-refractivity contribution in [2.75, 3.05) is 26.2 Å². The predicted octanol–water partition coefficient (Wildman–Crippen LogP) is 1.65. The van der Waals surface area contributed by atoms with E-state index < -0.39 is 0 Å². The largest absolute Gasteiger partial charge is 0.377 e. The summed E-state index contributed by atoms with van der Waals surface area (Å²) in [5.74, 6) is 0. The molecular weight excluding hydrogens is 212 g/mol. The average Bonchev–Trinajstić information content (AvgIpc) is 2.53. The van der Waals surface area contributed by atoms with Crippen LogP contribution in [0.15, 0.2) is 0 Å². The minimum absolute atomic E-state index is 0. The van der Waals surface area contributed by atoms with Crippen molar-refractivity contribution in [1.82, 2.24) is 4.90 Å². The molecule has 1 rings (SSSR count). The molecule has 1 heterocycles. The summed E-state index contributed by atoms with van der Waals surface area (Å²) < 4.78 is 5.62. The van der Waals surface area contributed by atoms with Gasteiger partial charge in [-0.05, 0) is 33.2 Å². The molecule has 0 aromatic rings. The Hall–Kier alpha value is 0.170. The molecule has 0 aromatic heterocycles. The standard InChI is InChI=1S/C11H24N2O.ClH/c1-4-13(9-11(2,3)12)8-10-6-5-7-14-10;/h10H,4-9,12H2,1-3H3;1H. The zero-order chi connectivity index (χ0) is 10.6. The van der Waals surface area contributed by atoms with Crippen molar-refractivity contribution in [2.45, 2.75) is 45.3 Å². The van der Waals surface area contributed by atoms with Gasteiger partial charge in [0.05, 0.1) is 6.10 Å². The van der Waals surface area contributed by atoms with E-state index in [1.807, 2.05) is 0 Å². The monoisotopic (exact) mass is 236 g/mol. The minimum Gasteiger partial charge on any atom is -0.377 e. The first-order valence-corrected chi connectivity index (χ1v) is 5.64. The van der Waals surface area contributed by atoms with Crippen LogP contribution in [0.25, 0.3) is 0 Å². The molecule has 15 heavy (non-hydrogen) atoms. The van der Waals surface area contributed by atoms with E-state index in [-0.39, 0.29) is 17.9 Å². The molecule has 0 bridgehead atoms. The lowest BCUT2D eigenvalue weighted by molar-refractivity contribution is 0.0691. The molecule has 1 saturated heterocycles. The highest BCUT2D eigenvalue weighted by Gasteiger charge is 2.21. The number of nitrogens with two attached hydrogens (primary N) is 1. The quantitative estimate of drug-likeness (QED) is 0.789. The normalized spacial score (nSPS) is 21.8. The van der Waals surface area contributed by atoms with Crippen molar-refractivity contribution in [1.29, 1.82) is 0 Å². The first kappa shape index (κ1) is 15.2. The Balaban J connectivity index is 0.00000196.